The summed E-state index contributed by atoms with van der Waals surface area (Å²) in [4.78, 5) is 5.04. The minimum Gasteiger partial charge on any atom is -0.392 e. The van der Waals surface area contributed by atoms with Crippen LogP contribution < -0.4 is 0 Å². The molecule has 4 aromatic rings. The van der Waals surface area contributed by atoms with Crippen LogP contribution in [0.5, 0.6) is 0 Å². The van der Waals surface area contributed by atoms with Gasteiger partial charge in [-0.1, -0.05) is 72.1 Å². The van der Waals surface area contributed by atoms with E-state index < -0.39 is 0 Å². The van der Waals surface area contributed by atoms with Crippen LogP contribution in [0.3, 0.4) is 0 Å². The van der Waals surface area contributed by atoms with Gasteiger partial charge >= 0.3 is 0 Å². The fraction of sp³-hybridized carbons (Fsp3) is 0.0769. The molecule has 0 spiro atoms. The van der Waals surface area contributed by atoms with Crippen LogP contribution in [0.4, 0.5) is 0 Å². The van der Waals surface area contributed by atoms with E-state index in [1.165, 1.54) is 19.6 Å². The van der Waals surface area contributed by atoms with Gasteiger partial charge in [0.2, 0.25) is 0 Å². The van der Waals surface area contributed by atoms with Crippen molar-refractivity contribution in [2.75, 3.05) is 0 Å². The highest BCUT2D eigenvalue weighted by Crippen LogP contribution is 2.50. The Hall–Kier alpha value is -2.50. The van der Waals surface area contributed by atoms with Gasteiger partial charge in [0.25, 0.3) is 0 Å². The molecular weight excluding hydrogens is 408 g/mol. The predicted molar refractivity (Wildman–Crippen MR) is 124 cm³/mol. The van der Waals surface area contributed by atoms with Gasteiger partial charge in [0.05, 0.1) is 13.2 Å². The molecule has 0 saturated carbocycles. The second-order valence-electron chi connectivity index (χ2n) is 7.24. The van der Waals surface area contributed by atoms with E-state index in [0.29, 0.717) is 0 Å². The van der Waals surface area contributed by atoms with Crippen molar-refractivity contribution in [2.24, 2.45) is 0 Å². The second-order valence-corrected chi connectivity index (χ2v) is 9.41. The number of hydrogen-bond acceptors (Lipinski definition) is 4. The molecule has 0 radical (unpaired) electrons. The first-order valence-corrected chi connectivity index (χ1v) is 11.4. The smallest absolute Gasteiger partial charge is 0.0682 e. The van der Waals surface area contributed by atoms with Gasteiger partial charge in [0.1, 0.15) is 0 Å². The Bertz CT molecular complexity index is 1140. The summed E-state index contributed by atoms with van der Waals surface area (Å²) in [5, 5.41) is 18.9. The van der Waals surface area contributed by atoms with Crippen molar-refractivity contribution >= 4 is 23.5 Å². The van der Waals surface area contributed by atoms with Gasteiger partial charge in [-0.25, -0.2) is 0 Å². The zero-order valence-corrected chi connectivity index (χ0v) is 17.8. The van der Waals surface area contributed by atoms with Gasteiger partial charge in [-0.05, 0) is 69.8 Å². The quantitative estimate of drug-likeness (QED) is 0.337. The average molecular weight is 429 g/mol. The molecule has 30 heavy (non-hydrogen) atoms. The second kappa shape index (κ2) is 8.32. The van der Waals surface area contributed by atoms with Crippen molar-refractivity contribution in [1.29, 1.82) is 0 Å². The third-order valence-electron chi connectivity index (χ3n) is 5.21. The normalized spacial score (nSPS) is 12.3. The summed E-state index contributed by atoms with van der Waals surface area (Å²) in [5.41, 5.74) is 6.41. The molecule has 0 bridgehead atoms. The monoisotopic (exact) mass is 428 g/mol. The summed E-state index contributed by atoms with van der Waals surface area (Å²) < 4.78 is 0. The molecule has 1 heterocycles. The average Bonchev–Trinajstić information content (AvgIpc) is 2.82. The molecule has 2 N–H and O–H groups in total. The Kier molecular flexibility index (Phi) is 5.40. The van der Waals surface area contributed by atoms with Crippen LogP contribution in [-0.4, -0.2) is 10.2 Å². The molecule has 0 fully saturated rings. The Morgan fingerprint density at radius 1 is 0.467 bits per heavy atom. The molecular formula is C26H20O2S2. The van der Waals surface area contributed by atoms with E-state index in [2.05, 4.69) is 48.5 Å². The van der Waals surface area contributed by atoms with Gasteiger partial charge in [-0.2, -0.15) is 0 Å². The molecule has 0 atom stereocenters. The number of fused-ring (bicyclic) bond motifs is 2. The van der Waals surface area contributed by atoms with Gasteiger partial charge < -0.3 is 10.2 Å². The highest BCUT2D eigenvalue weighted by molar-refractivity contribution is 8.05. The van der Waals surface area contributed by atoms with Crippen LogP contribution in [0, 0.1) is 0 Å². The standard InChI is InChI=1S/C26H20O2S2/c27-15-17-3-1-5-19(11-17)21-7-9-23-25(13-21)30-26-14-22(8-10-24(26)29-23)20-6-2-4-18(12-20)16-28/h1-14,27-28H,15-16H2. The lowest BCUT2D eigenvalue weighted by Crippen LogP contribution is -1.92. The van der Waals surface area contributed by atoms with Crippen molar-refractivity contribution in [2.45, 2.75) is 32.8 Å². The van der Waals surface area contributed by atoms with Crippen LogP contribution in [0.1, 0.15) is 11.1 Å². The first-order chi connectivity index (χ1) is 14.7. The van der Waals surface area contributed by atoms with Gasteiger partial charge in [-0.3, -0.25) is 0 Å². The predicted octanol–water partition coefficient (Wildman–Crippen LogP) is 6.62. The maximum absolute atomic E-state index is 9.44. The van der Waals surface area contributed by atoms with Crippen molar-refractivity contribution in [3.63, 3.8) is 0 Å². The summed E-state index contributed by atoms with van der Waals surface area (Å²) in [7, 11) is 0. The Labute approximate surface area is 184 Å². The Balaban J connectivity index is 1.49. The lowest BCUT2D eigenvalue weighted by Gasteiger charge is -2.20. The number of aliphatic hydroxyl groups is 2. The summed E-state index contributed by atoms with van der Waals surface area (Å²) in [6, 6.07) is 29.3. The van der Waals surface area contributed by atoms with E-state index in [-0.39, 0.29) is 13.2 Å². The van der Waals surface area contributed by atoms with Crippen molar-refractivity contribution in [3.05, 3.63) is 96.1 Å². The van der Waals surface area contributed by atoms with Gasteiger partial charge in [-0.15, -0.1) is 0 Å². The third kappa shape index (κ3) is 3.80. The van der Waals surface area contributed by atoms with Crippen LogP contribution in [0.15, 0.2) is 105 Å². The van der Waals surface area contributed by atoms with Crippen molar-refractivity contribution < 1.29 is 10.2 Å². The van der Waals surface area contributed by atoms with Crippen molar-refractivity contribution in [3.8, 4) is 22.3 Å². The highest BCUT2D eigenvalue weighted by Gasteiger charge is 2.18. The zero-order chi connectivity index (χ0) is 20.5. The maximum atomic E-state index is 9.44. The molecule has 148 valence electrons. The molecule has 4 aromatic carbocycles. The lowest BCUT2D eigenvalue weighted by molar-refractivity contribution is 0.281. The summed E-state index contributed by atoms with van der Waals surface area (Å²) in [5.74, 6) is 0. The number of aliphatic hydroxyl groups excluding tert-OH is 2. The first kappa shape index (κ1) is 19.5. The lowest BCUT2D eigenvalue weighted by atomic mass is 10.0. The van der Waals surface area contributed by atoms with Crippen LogP contribution >= 0.6 is 23.5 Å². The summed E-state index contributed by atoms with van der Waals surface area (Å²) in [6.07, 6.45) is 0. The van der Waals surface area contributed by atoms with Gasteiger partial charge in [0.15, 0.2) is 0 Å². The van der Waals surface area contributed by atoms with E-state index in [9.17, 15) is 10.2 Å². The SMILES string of the molecule is OCc1cccc(-c2ccc3c(c2)Sc2cc(-c4cccc(CO)c4)ccc2S3)c1. The van der Waals surface area contributed by atoms with E-state index in [0.717, 1.165) is 33.4 Å². The molecule has 5 rings (SSSR count). The molecule has 0 amide bonds. The van der Waals surface area contributed by atoms with E-state index >= 15 is 0 Å². The maximum Gasteiger partial charge on any atom is 0.0682 e. The Morgan fingerprint density at radius 3 is 1.37 bits per heavy atom. The molecule has 1 aliphatic heterocycles. The fourth-order valence-electron chi connectivity index (χ4n) is 3.64. The largest absolute Gasteiger partial charge is 0.392 e. The first-order valence-electron chi connectivity index (χ1n) is 9.77. The summed E-state index contributed by atoms with van der Waals surface area (Å²) >= 11 is 3.61. The summed E-state index contributed by atoms with van der Waals surface area (Å²) in [6.45, 7) is 0.105. The zero-order valence-electron chi connectivity index (χ0n) is 16.2. The van der Waals surface area contributed by atoms with E-state index in [4.69, 9.17) is 0 Å². The molecule has 1 aliphatic rings. The van der Waals surface area contributed by atoms with E-state index in [1.54, 1.807) is 23.5 Å². The van der Waals surface area contributed by atoms with Crippen LogP contribution in [-0.2, 0) is 13.2 Å². The van der Waals surface area contributed by atoms with E-state index in [1.807, 2.05) is 36.4 Å². The van der Waals surface area contributed by atoms with Crippen LogP contribution in [0.2, 0.25) is 0 Å². The number of rotatable bonds is 4. The molecule has 4 heteroatoms. The fourth-order valence-corrected chi connectivity index (χ4v) is 5.91. The molecule has 2 nitrogen and oxygen atoms in total. The minimum absolute atomic E-state index is 0.0526. The number of hydrogen-bond donors (Lipinski definition) is 2. The van der Waals surface area contributed by atoms with Gasteiger partial charge in [0, 0.05) is 19.6 Å². The molecule has 0 aliphatic carbocycles. The third-order valence-corrected chi connectivity index (χ3v) is 7.74. The Morgan fingerprint density at radius 2 is 0.900 bits per heavy atom. The molecule has 0 unspecified atom stereocenters. The highest BCUT2D eigenvalue weighted by atomic mass is 32.2. The molecule has 0 saturated heterocycles. The topological polar surface area (TPSA) is 40.5 Å². The number of benzene rings is 4. The minimum atomic E-state index is 0.0526. The van der Waals surface area contributed by atoms with Crippen LogP contribution in [0.25, 0.3) is 22.3 Å². The van der Waals surface area contributed by atoms with Crippen molar-refractivity contribution in [1.82, 2.24) is 0 Å². The molecule has 0 aromatic heterocycles.